The molecule has 2 atom stereocenters. The quantitative estimate of drug-likeness (QED) is 0.280. The summed E-state index contributed by atoms with van der Waals surface area (Å²) in [4.78, 5) is 44.3. The van der Waals surface area contributed by atoms with Crippen LogP contribution in [-0.4, -0.2) is 52.7 Å². The van der Waals surface area contributed by atoms with Crippen molar-refractivity contribution in [3.05, 3.63) is 67.8 Å². The molecule has 0 aromatic heterocycles. The number of hydrogen-bond donors (Lipinski definition) is 4. The minimum absolute atomic E-state index is 0.00476. The van der Waals surface area contributed by atoms with Gasteiger partial charge in [-0.1, -0.05) is 0 Å². The first-order valence-corrected chi connectivity index (χ1v) is 10.4. The number of carbonyl (C=O) groups is 2. The fraction of sp³-hybridized carbons (Fsp3) is 0.333. The van der Waals surface area contributed by atoms with Crippen LogP contribution in [0.3, 0.4) is 0 Å². The minimum Gasteiger partial charge on any atom is -0.377 e. The van der Waals surface area contributed by atoms with Crippen LogP contribution in [0.5, 0.6) is 0 Å². The zero-order valence-electron chi connectivity index (χ0n) is 18.8. The van der Waals surface area contributed by atoms with E-state index >= 15 is 0 Å². The van der Waals surface area contributed by atoms with E-state index in [1.807, 2.05) is 0 Å². The van der Waals surface area contributed by atoms with Crippen LogP contribution >= 0.6 is 0 Å². The maximum absolute atomic E-state index is 11.4. The van der Waals surface area contributed by atoms with Crippen LogP contribution in [0.2, 0.25) is 0 Å². The molecule has 1 aliphatic rings. The molecule has 3 rings (SSSR count). The van der Waals surface area contributed by atoms with E-state index in [9.17, 15) is 29.8 Å². The molecule has 35 heavy (non-hydrogen) atoms. The summed E-state index contributed by atoms with van der Waals surface area (Å²) in [6.45, 7) is 3.56. The normalized spacial score (nSPS) is 18.6. The largest absolute Gasteiger partial charge is 0.377 e. The number of nitro benzene ring substituents is 2. The first-order chi connectivity index (χ1) is 16.4. The smallest absolute Gasteiger partial charge is 0.293 e. The van der Waals surface area contributed by atoms with Crippen LogP contribution in [0.15, 0.2) is 36.4 Å². The molecular weight excluding hydrogens is 464 g/mol. The Labute approximate surface area is 198 Å². The fourth-order valence-corrected chi connectivity index (χ4v) is 3.65. The number of rotatable bonds is 10. The van der Waals surface area contributed by atoms with Crippen molar-refractivity contribution in [3.8, 4) is 0 Å². The standard InChI is InChI=1S/C21H24N6O8/c1-21(2)34-17(9-24-13-5-3-11(19(22)28)7-15(13)26(30)31)18(35-21)10-25-14-6-4-12(20(23)29)8-16(14)27(32)33/h3-8,17-18,24-25H,9-10H2,1-2H3,(H2,22,28)(H2,23,29)/t17-,18?/m1/s1. The van der Waals surface area contributed by atoms with Gasteiger partial charge in [-0.15, -0.1) is 0 Å². The third-order valence-electron chi connectivity index (χ3n) is 5.23. The first-order valence-electron chi connectivity index (χ1n) is 10.4. The van der Waals surface area contributed by atoms with E-state index in [4.69, 9.17) is 20.9 Å². The number of primary amides is 2. The summed E-state index contributed by atoms with van der Waals surface area (Å²) < 4.78 is 11.8. The molecule has 1 unspecified atom stereocenters. The monoisotopic (exact) mass is 488 g/mol. The third-order valence-corrected chi connectivity index (χ3v) is 5.23. The summed E-state index contributed by atoms with van der Waals surface area (Å²) in [6.07, 6.45) is -1.20. The van der Waals surface area contributed by atoms with Gasteiger partial charge in [-0.2, -0.15) is 0 Å². The molecule has 1 heterocycles. The molecule has 0 saturated carbocycles. The predicted molar refractivity (Wildman–Crippen MR) is 124 cm³/mol. The maximum Gasteiger partial charge on any atom is 0.293 e. The van der Waals surface area contributed by atoms with E-state index in [0.717, 1.165) is 12.1 Å². The van der Waals surface area contributed by atoms with E-state index < -0.39 is 39.7 Å². The second kappa shape index (κ2) is 9.90. The van der Waals surface area contributed by atoms with Crippen molar-refractivity contribution in [2.75, 3.05) is 23.7 Å². The Kier molecular flexibility index (Phi) is 7.17. The van der Waals surface area contributed by atoms with Crippen molar-refractivity contribution in [3.63, 3.8) is 0 Å². The fourth-order valence-electron chi connectivity index (χ4n) is 3.65. The van der Waals surface area contributed by atoms with Crippen LogP contribution in [-0.2, 0) is 9.47 Å². The van der Waals surface area contributed by atoms with Gasteiger partial charge in [-0.3, -0.25) is 29.8 Å². The Bertz CT molecular complexity index is 1090. The van der Waals surface area contributed by atoms with Gasteiger partial charge in [0, 0.05) is 36.3 Å². The Morgan fingerprint density at radius 3 is 1.54 bits per heavy atom. The molecule has 14 heteroatoms. The molecule has 1 saturated heterocycles. The highest BCUT2D eigenvalue weighted by molar-refractivity contribution is 5.95. The zero-order valence-corrected chi connectivity index (χ0v) is 18.8. The number of nitro groups is 2. The number of nitrogens with one attached hydrogen (secondary N) is 2. The Morgan fingerprint density at radius 2 is 1.23 bits per heavy atom. The second-order valence-corrected chi connectivity index (χ2v) is 8.18. The molecule has 2 aromatic carbocycles. The Morgan fingerprint density at radius 1 is 0.857 bits per heavy atom. The van der Waals surface area contributed by atoms with Crippen LogP contribution in [0.1, 0.15) is 34.6 Å². The van der Waals surface area contributed by atoms with E-state index in [-0.39, 0.29) is 47.0 Å². The molecule has 1 fully saturated rings. The van der Waals surface area contributed by atoms with Crippen molar-refractivity contribution in [2.45, 2.75) is 31.8 Å². The molecule has 2 aromatic rings. The lowest BCUT2D eigenvalue weighted by molar-refractivity contribution is -0.384. The van der Waals surface area contributed by atoms with Gasteiger partial charge < -0.3 is 31.6 Å². The summed E-state index contributed by atoms with van der Waals surface area (Å²) in [5.74, 6) is -2.57. The summed E-state index contributed by atoms with van der Waals surface area (Å²) in [5.41, 5.74) is 10.0. The number of hydrogen-bond acceptors (Lipinski definition) is 10. The van der Waals surface area contributed by atoms with Crippen molar-refractivity contribution in [1.29, 1.82) is 0 Å². The van der Waals surface area contributed by atoms with Crippen LogP contribution in [0.4, 0.5) is 22.7 Å². The van der Waals surface area contributed by atoms with Crippen molar-refractivity contribution >= 4 is 34.6 Å². The van der Waals surface area contributed by atoms with Gasteiger partial charge in [0.15, 0.2) is 5.79 Å². The molecule has 14 nitrogen and oxygen atoms in total. The topological polar surface area (TPSA) is 215 Å². The molecule has 0 aliphatic carbocycles. The first kappa shape index (κ1) is 25.3. The third kappa shape index (κ3) is 5.99. The van der Waals surface area contributed by atoms with Gasteiger partial charge in [0.2, 0.25) is 11.8 Å². The molecule has 6 N–H and O–H groups in total. The van der Waals surface area contributed by atoms with Gasteiger partial charge in [0.25, 0.3) is 11.4 Å². The van der Waals surface area contributed by atoms with Gasteiger partial charge >= 0.3 is 0 Å². The molecule has 0 bridgehead atoms. The average Bonchev–Trinajstić information content (AvgIpc) is 3.08. The van der Waals surface area contributed by atoms with Crippen molar-refractivity contribution in [2.24, 2.45) is 11.5 Å². The van der Waals surface area contributed by atoms with E-state index in [2.05, 4.69) is 10.6 Å². The highest BCUT2D eigenvalue weighted by Gasteiger charge is 2.41. The van der Waals surface area contributed by atoms with Gasteiger partial charge in [-0.25, -0.2) is 0 Å². The van der Waals surface area contributed by atoms with Crippen molar-refractivity contribution < 1.29 is 28.9 Å². The number of nitrogens with two attached hydrogens (primary N) is 2. The summed E-state index contributed by atoms with van der Waals surface area (Å²) in [5, 5.41) is 28.7. The van der Waals surface area contributed by atoms with Crippen molar-refractivity contribution in [1.82, 2.24) is 0 Å². The number of ether oxygens (including phenoxy) is 2. The number of nitrogens with zero attached hydrogens (tertiary/aromatic N) is 2. The van der Waals surface area contributed by atoms with E-state index in [1.54, 1.807) is 13.8 Å². The molecule has 0 radical (unpaired) electrons. The SMILES string of the molecule is CC1(C)OC(CNc2ccc(C(N)=O)cc2[N+](=O)[O-])[C@@H](CNc2ccc(C(N)=O)cc2[N+](=O)[O-])O1. The number of carbonyl (C=O) groups excluding carboxylic acids is 2. The lowest BCUT2D eigenvalue weighted by atomic mass is 10.1. The second-order valence-electron chi connectivity index (χ2n) is 8.18. The van der Waals surface area contributed by atoms with E-state index in [0.29, 0.717) is 0 Å². The molecule has 1 aliphatic heterocycles. The molecular formula is C21H24N6O8. The van der Waals surface area contributed by atoms with Crippen LogP contribution < -0.4 is 22.1 Å². The van der Waals surface area contributed by atoms with Crippen LogP contribution in [0.25, 0.3) is 0 Å². The number of anilines is 2. The minimum atomic E-state index is -0.984. The highest BCUT2D eigenvalue weighted by Crippen LogP contribution is 2.32. The maximum atomic E-state index is 11.4. The molecule has 0 spiro atoms. The number of amides is 2. The average molecular weight is 488 g/mol. The lowest BCUT2D eigenvalue weighted by Crippen LogP contribution is -2.35. The van der Waals surface area contributed by atoms with Crippen LogP contribution in [0, 0.1) is 20.2 Å². The van der Waals surface area contributed by atoms with Gasteiger partial charge in [-0.05, 0) is 38.1 Å². The predicted octanol–water partition coefficient (Wildman–Crippen LogP) is 1.74. The van der Waals surface area contributed by atoms with Gasteiger partial charge in [0.05, 0.1) is 9.85 Å². The Hall–Kier alpha value is -4.30. The zero-order chi connectivity index (χ0) is 25.9. The summed E-state index contributed by atoms with van der Waals surface area (Å²) in [6, 6.07) is 7.62. The summed E-state index contributed by atoms with van der Waals surface area (Å²) in [7, 11) is 0. The number of benzene rings is 2. The van der Waals surface area contributed by atoms with Gasteiger partial charge in [0.1, 0.15) is 23.6 Å². The Balaban J connectivity index is 1.75. The molecule has 2 amide bonds. The van der Waals surface area contributed by atoms with E-state index in [1.165, 1.54) is 24.3 Å². The lowest BCUT2D eigenvalue weighted by Gasteiger charge is -2.19. The molecule has 186 valence electrons. The summed E-state index contributed by atoms with van der Waals surface area (Å²) >= 11 is 0. The highest BCUT2D eigenvalue weighted by atomic mass is 16.8.